The van der Waals surface area contributed by atoms with Crippen molar-refractivity contribution in [3.05, 3.63) is 40.3 Å². The molecule has 106 valence electrons. The average Bonchev–Trinajstić information content (AvgIpc) is 2.46. The highest BCUT2D eigenvalue weighted by Crippen LogP contribution is 2.22. The Hall–Kier alpha value is -1.68. The van der Waals surface area contributed by atoms with Crippen LogP contribution in [0.1, 0.15) is 25.8 Å². The van der Waals surface area contributed by atoms with E-state index in [1.165, 1.54) is 0 Å². The van der Waals surface area contributed by atoms with Crippen molar-refractivity contribution >= 4 is 25.5 Å². The Labute approximate surface area is 124 Å². The smallest absolute Gasteiger partial charge is 0.184 e. The topological polar surface area (TPSA) is 73.6 Å². The van der Waals surface area contributed by atoms with Gasteiger partial charge in [0.15, 0.2) is 5.72 Å². The molecule has 1 aromatic rings. The lowest BCUT2D eigenvalue weighted by molar-refractivity contribution is 0.0921. The Balaban J connectivity index is 2.79. The molecule has 0 saturated carbocycles. The first-order valence-electron chi connectivity index (χ1n) is 5.99. The van der Waals surface area contributed by atoms with Gasteiger partial charge in [0.2, 0.25) is 0 Å². The van der Waals surface area contributed by atoms with E-state index in [0.717, 1.165) is 5.56 Å². The molecule has 1 atom stereocenters. The molecule has 0 aliphatic carbocycles. The first-order valence-corrected chi connectivity index (χ1v) is 7.85. The van der Waals surface area contributed by atoms with Gasteiger partial charge >= 0.3 is 0 Å². The van der Waals surface area contributed by atoms with E-state index >= 15 is 0 Å². The van der Waals surface area contributed by atoms with Crippen molar-refractivity contribution in [2.45, 2.75) is 26.0 Å². The minimum absolute atomic E-state index is 0.586. The molecule has 20 heavy (non-hydrogen) atoms. The van der Waals surface area contributed by atoms with Gasteiger partial charge in [-0.2, -0.15) is 5.10 Å². The van der Waals surface area contributed by atoms with E-state index in [0.29, 0.717) is 19.7 Å². The van der Waals surface area contributed by atoms with Crippen LogP contribution in [0.5, 0.6) is 5.75 Å². The van der Waals surface area contributed by atoms with Crippen LogP contribution in [0.25, 0.3) is 10.4 Å². The molecule has 0 heterocycles. The third kappa shape index (κ3) is 5.13. The number of azide groups is 1. The SMILES string of the molecule is CCC(C)(N=[N+]=[N-])Oc1ccc(/C=N/N(C)P=S)cc1. The van der Waals surface area contributed by atoms with E-state index in [2.05, 4.69) is 15.1 Å². The number of hydrazone groups is 1. The van der Waals surface area contributed by atoms with Crippen molar-refractivity contribution in [1.29, 1.82) is 0 Å². The van der Waals surface area contributed by atoms with Crippen LogP contribution in [-0.2, 0) is 11.8 Å². The summed E-state index contributed by atoms with van der Waals surface area (Å²) in [6.07, 6.45) is 2.30. The molecule has 0 amide bonds. The summed E-state index contributed by atoms with van der Waals surface area (Å²) < 4.78 is 7.33. The van der Waals surface area contributed by atoms with E-state index in [1.54, 1.807) is 25.0 Å². The second-order valence-corrected chi connectivity index (χ2v) is 5.44. The van der Waals surface area contributed by atoms with Crippen molar-refractivity contribution in [3.8, 4) is 5.75 Å². The molecular weight excluding hydrogens is 293 g/mol. The fourth-order valence-corrected chi connectivity index (χ4v) is 1.53. The van der Waals surface area contributed by atoms with Crippen molar-refractivity contribution < 1.29 is 4.74 Å². The Kier molecular flexibility index (Phi) is 6.39. The molecule has 6 nitrogen and oxygen atoms in total. The number of benzene rings is 1. The summed E-state index contributed by atoms with van der Waals surface area (Å²) in [5.74, 6) is 0.647. The Bertz CT molecular complexity index is 529. The van der Waals surface area contributed by atoms with Crippen LogP contribution in [0.15, 0.2) is 34.5 Å². The minimum atomic E-state index is -0.869. The van der Waals surface area contributed by atoms with E-state index in [9.17, 15) is 0 Å². The maximum Gasteiger partial charge on any atom is 0.184 e. The molecule has 0 radical (unpaired) electrons. The minimum Gasteiger partial charge on any atom is -0.481 e. The molecule has 8 heteroatoms. The lowest BCUT2D eigenvalue weighted by Gasteiger charge is -2.23. The molecule has 0 fully saturated rings. The maximum absolute atomic E-state index is 8.55. The lowest BCUT2D eigenvalue weighted by Crippen LogP contribution is -2.28. The second-order valence-electron chi connectivity index (χ2n) is 4.20. The molecule has 0 aliphatic heterocycles. The molecule has 0 aromatic heterocycles. The maximum atomic E-state index is 8.55. The van der Waals surface area contributed by atoms with Crippen LogP contribution in [-0.4, -0.2) is 23.8 Å². The predicted molar refractivity (Wildman–Crippen MR) is 84.6 cm³/mol. The molecule has 0 saturated heterocycles. The van der Waals surface area contributed by atoms with Crippen molar-refractivity contribution in [1.82, 2.24) is 4.78 Å². The lowest BCUT2D eigenvalue weighted by atomic mass is 10.2. The molecule has 0 N–H and O–H groups in total. The Morgan fingerprint density at radius 3 is 2.65 bits per heavy atom. The summed E-state index contributed by atoms with van der Waals surface area (Å²) in [7, 11) is 2.47. The second kappa shape index (κ2) is 7.80. The van der Waals surface area contributed by atoms with Crippen LogP contribution >= 0.6 is 7.51 Å². The first kappa shape index (κ1) is 16.4. The molecule has 0 spiro atoms. The highest BCUT2D eigenvalue weighted by Gasteiger charge is 2.22. The first-order chi connectivity index (χ1) is 9.53. The largest absolute Gasteiger partial charge is 0.481 e. The van der Waals surface area contributed by atoms with Gasteiger partial charge in [-0.3, -0.25) is 0 Å². The summed E-state index contributed by atoms with van der Waals surface area (Å²) in [6.45, 7) is 3.65. The summed E-state index contributed by atoms with van der Waals surface area (Å²) >= 11 is 4.83. The van der Waals surface area contributed by atoms with Gasteiger partial charge in [0.1, 0.15) is 13.3 Å². The number of hydrogen-bond donors (Lipinski definition) is 0. The highest BCUT2D eigenvalue weighted by molar-refractivity contribution is 7.95. The fourth-order valence-electron chi connectivity index (χ4n) is 1.31. The van der Waals surface area contributed by atoms with Crippen LogP contribution < -0.4 is 4.74 Å². The van der Waals surface area contributed by atoms with Gasteiger partial charge in [-0.05, 0) is 65.6 Å². The van der Waals surface area contributed by atoms with Crippen LogP contribution in [0.3, 0.4) is 0 Å². The normalized spacial score (nSPS) is 13.8. The highest BCUT2D eigenvalue weighted by atomic mass is 32.4. The predicted octanol–water partition coefficient (Wildman–Crippen LogP) is 4.09. The number of hydrogen-bond acceptors (Lipinski definition) is 4. The zero-order chi connectivity index (χ0) is 15.0. The summed E-state index contributed by atoms with van der Waals surface area (Å²) in [4.78, 5) is 2.81. The molecule has 0 aliphatic rings. The van der Waals surface area contributed by atoms with Gasteiger partial charge in [0.05, 0.1) is 6.21 Å². The van der Waals surface area contributed by atoms with Gasteiger partial charge in [-0.25, -0.2) is 4.78 Å². The van der Waals surface area contributed by atoms with Crippen LogP contribution in [0.4, 0.5) is 0 Å². The molecular formula is C12H16N5OPS. The summed E-state index contributed by atoms with van der Waals surface area (Å²) in [5.41, 5.74) is 8.61. The van der Waals surface area contributed by atoms with Gasteiger partial charge in [-0.15, -0.1) is 0 Å². The van der Waals surface area contributed by atoms with E-state index in [1.807, 2.05) is 31.2 Å². The van der Waals surface area contributed by atoms with Crippen molar-refractivity contribution in [3.63, 3.8) is 0 Å². The van der Waals surface area contributed by atoms with Gasteiger partial charge < -0.3 is 4.74 Å². The third-order valence-corrected chi connectivity index (χ3v) is 3.67. The standard InChI is InChI=1S/C12H16N5OPS/c1-4-12(2,15-16-13)18-11-7-5-10(6-8-11)9-14-17(3)19-20/h5-9H,4H2,1-3H3/b14-9+. The van der Waals surface area contributed by atoms with Crippen LogP contribution in [0.2, 0.25) is 0 Å². The fraction of sp³-hybridized carbons (Fsp3) is 0.417. The Morgan fingerprint density at radius 1 is 1.50 bits per heavy atom. The van der Waals surface area contributed by atoms with E-state index in [4.69, 9.17) is 22.1 Å². The van der Waals surface area contributed by atoms with Gasteiger partial charge in [-0.1, -0.05) is 6.92 Å². The third-order valence-electron chi connectivity index (χ3n) is 2.62. The number of rotatable bonds is 7. The van der Waals surface area contributed by atoms with E-state index < -0.39 is 5.72 Å². The monoisotopic (exact) mass is 309 g/mol. The molecule has 1 aromatic carbocycles. The number of nitrogens with zero attached hydrogens (tertiary/aromatic N) is 5. The van der Waals surface area contributed by atoms with Gasteiger partial charge in [0, 0.05) is 12.0 Å². The van der Waals surface area contributed by atoms with Crippen LogP contribution in [0, 0.1) is 0 Å². The Morgan fingerprint density at radius 2 is 2.15 bits per heavy atom. The van der Waals surface area contributed by atoms with Gasteiger partial charge in [0.25, 0.3) is 0 Å². The number of ether oxygens (including phenoxy) is 1. The molecule has 1 rings (SSSR count). The summed E-state index contributed by atoms with van der Waals surface area (Å²) in [6, 6.07) is 7.37. The van der Waals surface area contributed by atoms with Crippen molar-refractivity contribution in [2.75, 3.05) is 7.05 Å². The van der Waals surface area contributed by atoms with Crippen molar-refractivity contribution in [2.24, 2.45) is 10.2 Å². The quantitative estimate of drug-likeness (QED) is 0.190. The zero-order valence-electron chi connectivity index (χ0n) is 11.6. The molecule has 1 unspecified atom stereocenters. The zero-order valence-corrected chi connectivity index (χ0v) is 13.3. The average molecular weight is 309 g/mol. The molecule has 0 bridgehead atoms. The van der Waals surface area contributed by atoms with E-state index in [-0.39, 0.29) is 0 Å². The summed E-state index contributed by atoms with van der Waals surface area (Å²) in [5, 5.41) is 7.82.